The van der Waals surface area contributed by atoms with E-state index in [9.17, 15) is 23.1 Å². The predicted molar refractivity (Wildman–Crippen MR) is 129 cm³/mol. The van der Waals surface area contributed by atoms with Gasteiger partial charge in [-0.2, -0.15) is 18.3 Å². The number of carbonyl (C=O) groups is 1. The maximum Gasteiger partial charge on any atom is 0.410 e. The molecule has 12 heteroatoms. The first kappa shape index (κ1) is 26.1. The molecule has 2 heterocycles. The highest BCUT2D eigenvalue weighted by Crippen LogP contribution is 2.47. The van der Waals surface area contributed by atoms with Crippen molar-refractivity contribution in [1.29, 1.82) is 0 Å². The number of hydrogen-bond acceptors (Lipinski definition) is 7. The van der Waals surface area contributed by atoms with Crippen LogP contribution in [0, 0.1) is 0 Å². The van der Waals surface area contributed by atoms with E-state index in [0.29, 0.717) is 34.1 Å². The summed E-state index contributed by atoms with van der Waals surface area (Å²) < 4.78 is 59.1. The van der Waals surface area contributed by atoms with Crippen molar-refractivity contribution in [2.75, 3.05) is 32.0 Å². The normalized spacial score (nSPS) is 17.8. The molecule has 0 unspecified atom stereocenters. The first-order chi connectivity index (χ1) is 17.6. The summed E-state index contributed by atoms with van der Waals surface area (Å²) in [5, 5.41) is 19.3. The Labute approximate surface area is 211 Å². The van der Waals surface area contributed by atoms with Gasteiger partial charge in [-0.15, -0.1) is 0 Å². The van der Waals surface area contributed by atoms with Gasteiger partial charge < -0.3 is 30.0 Å². The van der Waals surface area contributed by atoms with Crippen LogP contribution in [0.25, 0.3) is 0 Å². The van der Waals surface area contributed by atoms with E-state index >= 15 is 0 Å². The maximum atomic E-state index is 14.1. The number of benzene rings is 2. The maximum absolute atomic E-state index is 14.1. The van der Waals surface area contributed by atoms with Gasteiger partial charge in [0.15, 0.2) is 17.5 Å². The third kappa shape index (κ3) is 5.15. The van der Waals surface area contributed by atoms with Crippen molar-refractivity contribution in [3.8, 4) is 17.2 Å². The van der Waals surface area contributed by atoms with Crippen molar-refractivity contribution >= 4 is 17.4 Å². The van der Waals surface area contributed by atoms with Crippen LogP contribution in [-0.2, 0) is 0 Å². The Morgan fingerprint density at radius 1 is 1.14 bits per heavy atom. The molecule has 0 radical (unpaired) electrons. The first-order valence-corrected chi connectivity index (χ1v) is 11.4. The van der Waals surface area contributed by atoms with E-state index in [1.807, 2.05) is 0 Å². The van der Waals surface area contributed by atoms with Crippen molar-refractivity contribution in [3.05, 3.63) is 59.3 Å². The molecule has 0 saturated carbocycles. The molecule has 3 N–H and O–H groups in total. The summed E-state index contributed by atoms with van der Waals surface area (Å²) in [6.45, 7) is 1.61. The highest BCUT2D eigenvalue weighted by atomic mass is 19.4. The molecule has 1 aromatic heterocycles. The Bertz CT molecular complexity index is 1250. The zero-order valence-electron chi connectivity index (χ0n) is 20.6. The van der Waals surface area contributed by atoms with Crippen LogP contribution in [0.3, 0.4) is 0 Å². The zero-order valence-corrected chi connectivity index (χ0v) is 20.6. The molecule has 1 amide bonds. The van der Waals surface area contributed by atoms with Crippen molar-refractivity contribution in [3.63, 3.8) is 0 Å². The summed E-state index contributed by atoms with van der Waals surface area (Å²) in [5.74, 6) is 0.193. The summed E-state index contributed by atoms with van der Waals surface area (Å²) in [6, 6.07) is 6.81. The lowest BCUT2D eigenvalue weighted by Gasteiger charge is -2.34. The number of nitrogens with one attached hydrogen (secondary N) is 2. The minimum absolute atomic E-state index is 0.0500. The zero-order chi connectivity index (χ0) is 26.9. The van der Waals surface area contributed by atoms with Gasteiger partial charge in [0.2, 0.25) is 5.75 Å². The van der Waals surface area contributed by atoms with E-state index in [0.717, 1.165) is 10.9 Å². The van der Waals surface area contributed by atoms with Gasteiger partial charge in [-0.1, -0.05) is 12.1 Å². The summed E-state index contributed by atoms with van der Waals surface area (Å²) in [7, 11) is 4.26. The molecule has 4 rings (SSSR count). The number of aliphatic hydroxyl groups excluding tert-OH is 1. The van der Waals surface area contributed by atoms with E-state index in [2.05, 4.69) is 15.7 Å². The number of aliphatic hydroxyl groups is 1. The van der Waals surface area contributed by atoms with Crippen LogP contribution in [0.1, 0.15) is 53.0 Å². The van der Waals surface area contributed by atoms with E-state index in [1.54, 1.807) is 43.3 Å². The minimum Gasteiger partial charge on any atom is -0.493 e. The van der Waals surface area contributed by atoms with Crippen molar-refractivity contribution < 1.29 is 37.3 Å². The monoisotopic (exact) mass is 520 g/mol. The lowest BCUT2D eigenvalue weighted by atomic mass is 9.95. The molecular weight excluding hydrogens is 493 g/mol. The number of alkyl halides is 3. The quantitative estimate of drug-likeness (QED) is 0.408. The number of fused-ring (bicyclic) bond motifs is 1. The van der Waals surface area contributed by atoms with Gasteiger partial charge in [-0.25, -0.2) is 4.68 Å². The standard InChI is InChI=1S/C25H27F3N4O5/c1-13(33)14-5-7-16(8-6-14)30-24(34)17-12-29-32-21(25(26,27)28)11-18(31-23(17)32)15-9-19(35-2)22(37-4)20(10-15)36-3/h5-10,12-13,18,21,31,33H,11H2,1-4H3,(H,30,34)/t13-,18+,21+/m0/s1. The number of hydrogen-bond donors (Lipinski definition) is 3. The minimum atomic E-state index is -4.62. The van der Waals surface area contributed by atoms with E-state index in [-0.39, 0.29) is 17.8 Å². The fraction of sp³-hybridized carbons (Fsp3) is 0.360. The van der Waals surface area contributed by atoms with Crippen LogP contribution in [0.4, 0.5) is 24.7 Å². The topological polar surface area (TPSA) is 107 Å². The number of carbonyl (C=O) groups excluding carboxylic acids is 1. The number of amides is 1. The summed E-state index contributed by atoms with van der Waals surface area (Å²) in [5.41, 5.74) is 1.48. The number of halogens is 3. The molecule has 1 aliphatic heterocycles. The van der Waals surface area contributed by atoms with Crippen molar-refractivity contribution in [2.45, 2.75) is 37.7 Å². The van der Waals surface area contributed by atoms with Gasteiger partial charge in [0.25, 0.3) is 5.91 Å². The van der Waals surface area contributed by atoms with Crippen molar-refractivity contribution in [2.24, 2.45) is 0 Å². The molecule has 2 aromatic carbocycles. The molecule has 0 spiro atoms. The van der Waals surface area contributed by atoms with Crippen molar-refractivity contribution in [1.82, 2.24) is 9.78 Å². The molecule has 0 bridgehead atoms. The van der Waals surface area contributed by atoms with Crippen LogP contribution in [0.15, 0.2) is 42.6 Å². The smallest absolute Gasteiger partial charge is 0.410 e. The van der Waals surface area contributed by atoms with Gasteiger partial charge >= 0.3 is 6.18 Å². The Hall–Kier alpha value is -3.93. The van der Waals surface area contributed by atoms with Crippen LogP contribution in [0.5, 0.6) is 17.2 Å². The third-order valence-electron chi connectivity index (χ3n) is 6.22. The second kappa shape index (κ2) is 10.2. The van der Waals surface area contributed by atoms with Crippen LogP contribution in [-0.4, -0.2) is 48.3 Å². The highest BCUT2D eigenvalue weighted by Gasteiger charge is 2.47. The molecule has 3 aromatic rings. The van der Waals surface area contributed by atoms with Gasteiger partial charge in [-0.05, 0) is 42.3 Å². The molecule has 0 fully saturated rings. The molecular formula is C25H27F3N4O5. The lowest BCUT2D eigenvalue weighted by Crippen LogP contribution is -2.36. The largest absolute Gasteiger partial charge is 0.493 e. The lowest BCUT2D eigenvalue weighted by molar-refractivity contribution is -0.173. The molecule has 0 saturated heterocycles. The molecule has 37 heavy (non-hydrogen) atoms. The highest BCUT2D eigenvalue weighted by molar-refractivity contribution is 6.07. The van der Waals surface area contributed by atoms with E-state index in [1.165, 1.54) is 21.3 Å². The Kier molecular flexibility index (Phi) is 7.21. The second-order valence-corrected chi connectivity index (χ2v) is 8.55. The molecule has 9 nitrogen and oxygen atoms in total. The van der Waals surface area contributed by atoms with E-state index < -0.39 is 30.3 Å². The Balaban J connectivity index is 1.70. The number of anilines is 2. The number of rotatable bonds is 7. The van der Waals surface area contributed by atoms with Crippen LogP contribution < -0.4 is 24.8 Å². The fourth-order valence-corrected chi connectivity index (χ4v) is 4.29. The van der Waals surface area contributed by atoms with Gasteiger partial charge in [-0.3, -0.25) is 4.79 Å². The summed E-state index contributed by atoms with van der Waals surface area (Å²) >= 11 is 0. The van der Waals surface area contributed by atoms with Gasteiger partial charge in [0.05, 0.1) is 39.7 Å². The average Bonchev–Trinajstić information content (AvgIpc) is 3.31. The van der Waals surface area contributed by atoms with E-state index in [4.69, 9.17) is 14.2 Å². The molecule has 198 valence electrons. The average molecular weight is 521 g/mol. The molecule has 1 aliphatic rings. The van der Waals surface area contributed by atoms with Crippen LogP contribution >= 0.6 is 0 Å². The Morgan fingerprint density at radius 2 is 1.76 bits per heavy atom. The fourth-order valence-electron chi connectivity index (χ4n) is 4.29. The number of nitrogens with zero attached hydrogens (tertiary/aromatic N) is 2. The van der Waals surface area contributed by atoms with Gasteiger partial charge in [0, 0.05) is 12.1 Å². The summed E-state index contributed by atoms with van der Waals surface area (Å²) in [6.07, 6.45) is -4.56. The van der Waals surface area contributed by atoms with Gasteiger partial charge in [0.1, 0.15) is 11.4 Å². The SMILES string of the molecule is COc1cc([C@H]2C[C@H](C(F)(F)F)n3ncc(C(=O)Nc4ccc([C@H](C)O)cc4)c3N2)cc(OC)c1OC. The molecule has 0 aliphatic carbocycles. The predicted octanol–water partition coefficient (Wildman–Crippen LogP) is 4.87. The number of aromatic nitrogens is 2. The second-order valence-electron chi connectivity index (χ2n) is 8.55. The first-order valence-electron chi connectivity index (χ1n) is 11.4. The van der Waals surface area contributed by atoms with Crippen LogP contribution in [0.2, 0.25) is 0 Å². The summed E-state index contributed by atoms with van der Waals surface area (Å²) in [4.78, 5) is 13.1. The number of ether oxygens (including phenoxy) is 3. The molecule has 3 atom stereocenters. The third-order valence-corrected chi connectivity index (χ3v) is 6.22. The number of methoxy groups -OCH3 is 3. The Morgan fingerprint density at radius 3 is 2.27 bits per heavy atom.